The van der Waals surface area contributed by atoms with Gasteiger partial charge < -0.3 is 10.4 Å². The smallest absolute Gasteiger partial charge is 0.337 e. The van der Waals surface area contributed by atoms with E-state index in [1.165, 1.54) is 18.2 Å². The lowest BCUT2D eigenvalue weighted by molar-refractivity contribution is 0.0697. The number of anilines is 1. The van der Waals surface area contributed by atoms with Crippen LogP contribution in [0.5, 0.6) is 0 Å². The second kappa shape index (κ2) is 8.31. The van der Waals surface area contributed by atoms with Crippen molar-refractivity contribution in [2.45, 2.75) is 51.5 Å². The van der Waals surface area contributed by atoms with E-state index in [1.54, 1.807) is 6.92 Å². The van der Waals surface area contributed by atoms with Crippen molar-refractivity contribution in [3.8, 4) is 0 Å². The van der Waals surface area contributed by atoms with Gasteiger partial charge in [0, 0.05) is 18.3 Å². The molecule has 7 heteroatoms. The van der Waals surface area contributed by atoms with Crippen molar-refractivity contribution in [3.05, 3.63) is 23.8 Å². The molecule has 1 atom stereocenters. The van der Waals surface area contributed by atoms with Crippen molar-refractivity contribution in [1.29, 1.82) is 0 Å². The summed E-state index contributed by atoms with van der Waals surface area (Å²) in [5.74, 6) is -0.813. The molecule has 0 spiro atoms. The minimum Gasteiger partial charge on any atom is -0.478 e. The van der Waals surface area contributed by atoms with Crippen LogP contribution in [0.15, 0.2) is 23.1 Å². The summed E-state index contributed by atoms with van der Waals surface area (Å²) in [6, 6.07) is 3.93. The van der Waals surface area contributed by atoms with Gasteiger partial charge in [0.1, 0.15) is 0 Å². The third kappa shape index (κ3) is 5.84. The van der Waals surface area contributed by atoms with E-state index in [2.05, 4.69) is 10.0 Å². The second-order valence-electron chi connectivity index (χ2n) is 6.10. The largest absolute Gasteiger partial charge is 0.478 e. The first kappa shape index (κ1) is 19.4. The van der Waals surface area contributed by atoms with Gasteiger partial charge in [-0.1, -0.05) is 27.2 Å². The highest BCUT2D eigenvalue weighted by atomic mass is 32.2. The number of benzene rings is 1. The first-order chi connectivity index (χ1) is 10.7. The van der Waals surface area contributed by atoms with Crippen LogP contribution in [-0.2, 0) is 10.0 Å². The molecule has 130 valence electrons. The molecule has 0 aromatic heterocycles. The molecule has 0 bridgehead atoms. The summed E-state index contributed by atoms with van der Waals surface area (Å²) in [4.78, 5) is 11.4. The molecule has 0 saturated carbocycles. The van der Waals surface area contributed by atoms with Crippen LogP contribution in [0, 0.1) is 5.92 Å². The molecule has 1 rings (SSSR count). The zero-order valence-electron chi connectivity index (χ0n) is 14.1. The predicted octanol–water partition coefficient (Wildman–Crippen LogP) is 2.92. The standard InChI is InChI=1S/C16H26N2O4S/c1-5-6-12(4)18-23(21,22)13-7-8-15(17-10-11(2)3)14(9-13)16(19)20/h7-9,11-12,17-18H,5-6,10H2,1-4H3,(H,19,20)/t12-/m0/s1. The summed E-state index contributed by atoms with van der Waals surface area (Å²) < 4.78 is 27.3. The summed E-state index contributed by atoms with van der Waals surface area (Å²) in [5.41, 5.74) is 0.378. The van der Waals surface area contributed by atoms with E-state index in [1.807, 2.05) is 20.8 Å². The minimum atomic E-state index is -3.73. The molecule has 0 aliphatic heterocycles. The van der Waals surface area contributed by atoms with Gasteiger partial charge in [-0.25, -0.2) is 17.9 Å². The monoisotopic (exact) mass is 342 g/mol. The Morgan fingerprint density at radius 3 is 2.43 bits per heavy atom. The third-order valence-electron chi connectivity index (χ3n) is 3.31. The molecule has 3 N–H and O–H groups in total. The lowest BCUT2D eigenvalue weighted by atomic mass is 10.1. The second-order valence-corrected chi connectivity index (χ2v) is 7.81. The Morgan fingerprint density at radius 2 is 1.91 bits per heavy atom. The van der Waals surface area contributed by atoms with Gasteiger partial charge in [0.05, 0.1) is 10.5 Å². The molecule has 0 radical (unpaired) electrons. The summed E-state index contributed by atoms with van der Waals surface area (Å²) >= 11 is 0. The van der Waals surface area contributed by atoms with Crippen LogP contribution < -0.4 is 10.0 Å². The van der Waals surface area contributed by atoms with Crippen molar-refractivity contribution in [1.82, 2.24) is 4.72 Å². The van der Waals surface area contributed by atoms with Crippen LogP contribution in [0.4, 0.5) is 5.69 Å². The highest BCUT2D eigenvalue weighted by Gasteiger charge is 2.20. The molecular weight excluding hydrogens is 316 g/mol. The van der Waals surface area contributed by atoms with Gasteiger partial charge in [-0.05, 0) is 37.5 Å². The number of carbonyl (C=O) groups is 1. The van der Waals surface area contributed by atoms with Crippen LogP contribution in [0.25, 0.3) is 0 Å². The van der Waals surface area contributed by atoms with Gasteiger partial charge in [0.25, 0.3) is 0 Å². The van der Waals surface area contributed by atoms with E-state index in [0.717, 1.165) is 12.8 Å². The van der Waals surface area contributed by atoms with E-state index < -0.39 is 16.0 Å². The minimum absolute atomic E-state index is 0.0343. The van der Waals surface area contributed by atoms with E-state index in [9.17, 15) is 18.3 Å². The molecule has 0 fully saturated rings. The molecule has 23 heavy (non-hydrogen) atoms. The van der Waals surface area contributed by atoms with Gasteiger partial charge in [-0.15, -0.1) is 0 Å². The molecule has 0 aliphatic rings. The average molecular weight is 342 g/mol. The average Bonchev–Trinajstić information content (AvgIpc) is 2.44. The maximum Gasteiger partial charge on any atom is 0.337 e. The lowest BCUT2D eigenvalue weighted by Crippen LogP contribution is -2.32. The molecule has 1 aromatic rings. The molecule has 6 nitrogen and oxygen atoms in total. The molecule has 0 amide bonds. The lowest BCUT2D eigenvalue weighted by Gasteiger charge is -2.16. The normalized spacial score (nSPS) is 13.1. The Labute approximate surface area is 138 Å². The van der Waals surface area contributed by atoms with Crippen molar-refractivity contribution >= 4 is 21.7 Å². The van der Waals surface area contributed by atoms with Gasteiger partial charge >= 0.3 is 5.97 Å². The maximum absolute atomic E-state index is 12.3. The Bertz CT molecular complexity index is 641. The van der Waals surface area contributed by atoms with E-state index in [4.69, 9.17) is 0 Å². The van der Waals surface area contributed by atoms with Crippen molar-refractivity contribution in [2.75, 3.05) is 11.9 Å². The molecule has 1 aromatic carbocycles. The number of carboxylic acids is 1. The highest BCUT2D eigenvalue weighted by Crippen LogP contribution is 2.21. The predicted molar refractivity (Wildman–Crippen MR) is 91.4 cm³/mol. The number of nitrogens with one attached hydrogen (secondary N) is 2. The Kier molecular flexibility index (Phi) is 7.02. The zero-order chi connectivity index (χ0) is 17.6. The number of rotatable bonds is 9. The quantitative estimate of drug-likeness (QED) is 0.641. The van der Waals surface area contributed by atoms with E-state index in [-0.39, 0.29) is 16.5 Å². The summed E-state index contributed by atoms with van der Waals surface area (Å²) in [7, 11) is -3.73. The molecule has 0 saturated heterocycles. The molecule has 0 aliphatic carbocycles. The van der Waals surface area contributed by atoms with Crippen molar-refractivity contribution < 1.29 is 18.3 Å². The number of sulfonamides is 1. The topological polar surface area (TPSA) is 95.5 Å². The number of hydrogen-bond donors (Lipinski definition) is 3. The fourth-order valence-electron chi connectivity index (χ4n) is 2.16. The van der Waals surface area contributed by atoms with Crippen LogP contribution >= 0.6 is 0 Å². The Morgan fingerprint density at radius 1 is 1.26 bits per heavy atom. The Balaban J connectivity index is 3.09. The third-order valence-corrected chi connectivity index (χ3v) is 4.90. The maximum atomic E-state index is 12.3. The van der Waals surface area contributed by atoms with Gasteiger partial charge in [0.15, 0.2) is 0 Å². The van der Waals surface area contributed by atoms with Gasteiger partial charge in [0.2, 0.25) is 10.0 Å². The zero-order valence-corrected chi connectivity index (χ0v) is 14.9. The van der Waals surface area contributed by atoms with E-state index in [0.29, 0.717) is 18.2 Å². The first-order valence-electron chi connectivity index (χ1n) is 7.81. The number of carboxylic acid groups (broad SMARTS) is 1. The fraction of sp³-hybridized carbons (Fsp3) is 0.562. The summed E-state index contributed by atoms with van der Waals surface area (Å²) in [6.07, 6.45) is 1.58. The summed E-state index contributed by atoms with van der Waals surface area (Å²) in [6.45, 7) is 8.38. The first-order valence-corrected chi connectivity index (χ1v) is 9.29. The van der Waals surface area contributed by atoms with Crippen LogP contribution in [-0.4, -0.2) is 32.1 Å². The molecule has 0 unspecified atom stereocenters. The molecular formula is C16H26N2O4S. The number of hydrogen-bond acceptors (Lipinski definition) is 4. The fourth-order valence-corrected chi connectivity index (χ4v) is 3.46. The van der Waals surface area contributed by atoms with Gasteiger partial charge in [-0.3, -0.25) is 0 Å². The summed E-state index contributed by atoms with van der Waals surface area (Å²) in [5, 5.41) is 12.4. The van der Waals surface area contributed by atoms with Crippen LogP contribution in [0.2, 0.25) is 0 Å². The Hall–Kier alpha value is -1.60. The SMILES string of the molecule is CCC[C@H](C)NS(=O)(=O)c1ccc(NCC(C)C)c(C(=O)O)c1. The van der Waals surface area contributed by atoms with Crippen LogP contribution in [0.1, 0.15) is 50.9 Å². The molecule has 0 heterocycles. The van der Waals surface area contributed by atoms with Crippen LogP contribution in [0.3, 0.4) is 0 Å². The van der Waals surface area contributed by atoms with Crippen molar-refractivity contribution in [2.24, 2.45) is 5.92 Å². The number of aromatic carboxylic acids is 1. The van der Waals surface area contributed by atoms with Gasteiger partial charge in [-0.2, -0.15) is 0 Å². The van der Waals surface area contributed by atoms with Crippen molar-refractivity contribution in [3.63, 3.8) is 0 Å². The van der Waals surface area contributed by atoms with E-state index >= 15 is 0 Å². The highest BCUT2D eigenvalue weighted by molar-refractivity contribution is 7.89.